The smallest absolute Gasteiger partial charge is 0.407 e. The molecule has 2 aromatic rings. The van der Waals surface area contributed by atoms with Gasteiger partial charge in [0.05, 0.1) is 20.3 Å². The van der Waals surface area contributed by atoms with Gasteiger partial charge < -0.3 is 31.4 Å². The molecule has 176 valence electrons. The van der Waals surface area contributed by atoms with Crippen molar-refractivity contribution in [3.63, 3.8) is 0 Å². The van der Waals surface area contributed by atoms with Gasteiger partial charge in [0.2, 0.25) is 5.52 Å². The fraction of sp³-hybridized carbons (Fsp3) is 0.556. The molecule has 0 aliphatic heterocycles. The number of imidazole rings is 1. The van der Waals surface area contributed by atoms with Crippen molar-refractivity contribution in [2.45, 2.75) is 44.7 Å². The van der Waals surface area contributed by atoms with Crippen molar-refractivity contribution in [2.24, 2.45) is 16.5 Å². The van der Waals surface area contributed by atoms with Crippen molar-refractivity contribution in [1.82, 2.24) is 20.3 Å². The van der Waals surface area contributed by atoms with Crippen LogP contribution in [-0.2, 0) is 16.1 Å². The van der Waals surface area contributed by atoms with Crippen LogP contribution in [0.25, 0.3) is 11.2 Å². The highest BCUT2D eigenvalue weighted by Gasteiger charge is 2.21. The molecule has 0 aromatic carbocycles. The summed E-state index contributed by atoms with van der Waals surface area (Å²) in [5, 5.41) is 11.6. The molecule has 0 spiro atoms. The van der Waals surface area contributed by atoms with E-state index < -0.39 is 18.1 Å². The summed E-state index contributed by atoms with van der Waals surface area (Å²) in [4.78, 5) is 38.2. The maximum atomic E-state index is 11.8. The predicted octanol–water partition coefficient (Wildman–Crippen LogP) is 0.311. The summed E-state index contributed by atoms with van der Waals surface area (Å²) in [7, 11) is 1.50. The molecule has 2 aromatic heterocycles. The summed E-state index contributed by atoms with van der Waals surface area (Å²) in [6.45, 7) is 1.12. The Balaban J connectivity index is 1.68. The molecule has 13 nitrogen and oxygen atoms in total. The van der Waals surface area contributed by atoms with Gasteiger partial charge in [-0.3, -0.25) is 9.98 Å². The lowest BCUT2D eigenvalue weighted by atomic mass is 10.1. The third-order valence-electron chi connectivity index (χ3n) is 4.47. The van der Waals surface area contributed by atoms with E-state index in [0.29, 0.717) is 36.4 Å². The Bertz CT molecular complexity index is 947. The summed E-state index contributed by atoms with van der Waals surface area (Å²) in [5.41, 5.74) is 11.7. The molecule has 14 heteroatoms. The molecule has 0 aliphatic carbocycles. The number of unbranched alkanes of at least 4 members (excludes halogenated alkanes) is 2. The number of methoxy groups -OCH3 is 1. The third-order valence-corrected chi connectivity index (χ3v) is 4.64. The van der Waals surface area contributed by atoms with Gasteiger partial charge in [-0.25, -0.2) is 14.2 Å². The van der Waals surface area contributed by atoms with Gasteiger partial charge in [0.25, 0.3) is 5.88 Å². The first-order chi connectivity index (χ1) is 15.3. The van der Waals surface area contributed by atoms with E-state index in [-0.39, 0.29) is 30.8 Å². The van der Waals surface area contributed by atoms with E-state index in [1.165, 1.54) is 7.11 Å². The van der Waals surface area contributed by atoms with Crippen LogP contribution < -0.4 is 26.1 Å². The number of ether oxygens (including phenoxy) is 2. The molecule has 1 amide bonds. The fourth-order valence-electron chi connectivity index (χ4n) is 2.93. The Morgan fingerprint density at radius 3 is 2.78 bits per heavy atom. The number of fused-ring (bicyclic) bond motifs is 1. The van der Waals surface area contributed by atoms with Crippen LogP contribution in [0, 0.1) is 0 Å². The second kappa shape index (κ2) is 12.5. The second-order valence-corrected chi connectivity index (χ2v) is 7.19. The number of alkyl carbamates (subject to hydrolysis) is 1. The van der Waals surface area contributed by atoms with E-state index in [0.717, 1.165) is 12.8 Å². The third kappa shape index (κ3) is 7.72. The minimum absolute atomic E-state index is 0.0656. The zero-order chi connectivity index (χ0) is 23.5. The zero-order valence-corrected chi connectivity index (χ0v) is 18.5. The van der Waals surface area contributed by atoms with E-state index in [1.54, 1.807) is 6.33 Å². The van der Waals surface area contributed by atoms with Crippen LogP contribution in [0.3, 0.4) is 0 Å². The molecule has 7 N–H and O–H groups in total. The van der Waals surface area contributed by atoms with Crippen LogP contribution in [0.5, 0.6) is 5.88 Å². The molecule has 2 heterocycles. The number of nitrogens with one attached hydrogen (secondary N) is 2. The average molecular weight is 472 g/mol. The quantitative estimate of drug-likeness (QED) is 0.0897. The van der Waals surface area contributed by atoms with Gasteiger partial charge in [0.1, 0.15) is 6.04 Å². The number of aromatic amines is 1. The molecule has 0 unspecified atom stereocenters. The van der Waals surface area contributed by atoms with Crippen molar-refractivity contribution in [3.05, 3.63) is 11.6 Å². The van der Waals surface area contributed by atoms with Crippen molar-refractivity contribution in [3.8, 4) is 5.88 Å². The first-order valence-corrected chi connectivity index (χ1v) is 10.4. The highest BCUT2D eigenvalue weighted by atomic mass is 35.5. The predicted molar refractivity (Wildman–Crippen MR) is 115 cm³/mol. The molecular formula is C18H28ClN8O5+. The summed E-state index contributed by atoms with van der Waals surface area (Å²) in [6, 6.07) is -1.07. The molecule has 0 saturated heterocycles. The monoisotopic (exact) mass is 471 g/mol. The normalized spacial score (nSPS) is 11.7. The zero-order valence-electron chi connectivity index (χ0n) is 17.7. The lowest BCUT2D eigenvalue weighted by Crippen LogP contribution is -2.41. The maximum Gasteiger partial charge on any atom is 0.407 e. The van der Waals surface area contributed by atoms with Crippen LogP contribution in [0.15, 0.2) is 11.3 Å². The number of carboxylic acids is 1. The minimum atomic E-state index is -1.15. The lowest BCUT2D eigenvalue weighted by Gasteiger charge is -2.14. The van der Waals surface area contributed by atoms with Gasteiger partial charge in [-0.15, -0.1) is 0 Å². The van der Waals surface area contributed by atoms with Crippen LogP contribution in [0.4, 0.5) is 4.79 Å². The number of carbonyl (C=O) groups is 2. The number of nitrogens with zero attached hydrogens (tertiary/aromatic N) is 4. The molecule has 0 fully saturated rings. The number of H-pyrrole nitrogens is 1. The fourth-order valence-corrected chi connectivity index (χ4v) is 3.09. The van der Waals surface area contributed by atoms with E-state index in [2.05, 4.69) is 25.3 Å². The number of aromatic nitrogens is 4. The Labute approximate surface area is 189 Å². The largest absolute Gasteiger partial charge is 0.480 e. The first kappa shape index (κ1) is 24.9. The molecule has 0 radical (unpaired) electrons. The minimum Gasteiger partial charge on any atom is -0.480 e. The van der Waals surface area contributed by atoms with Gasteiger partial charge >= 0.3 is 23.0 Å². The first-order valence-electron chi connectivity index (χ1n) is 10.0. The van der Waals surface area contributed by atoms with Crippen molar-refractivity contribution in [1.29, 1.82) is 0 Å². The molecule has 0 bridgehead atoms. The van der Waals surface area contributed by atoms with E-state index in [9.17, 15) is 14.7 Å². The van der Waals surface area contributed by atoms with E-state index in [4.69, 9.17) is 32.5 Å². The van der Waals surface area contributed by atoms with Gasteiger partial charge in [0.15, 0.2) is 12.3 Å². The SMILES string of the molecule is COc1nc(Cl)nc2c1[nH]c[n+]2CCCCCOC(=O)N[C@H](CCCN=C(N)N)C(=O)O. The highest BCUT2D eigenvalue weighted by molar-refractivity contribution is 6.28. The standard InChI is InChI=1S/C18H27ClN8O5/c1-31-14-12-13(25-16(19)26-14)27(10-23-12)8-3-2-4-9-32-18(30)24-11(15(28)29)6-5-7-22-17(20)21/h10-11H,2-9H2,1H3,(H6,20,21,22,24,28,29,30)/p+1/t11-/m1/s1. The Hall–Kier alpha value is -3.35. The Morgan fingerprint density at radius 2 is 2.09 bits per heavy atom. The summed E-state index contributed by atoms with van der Waals surface area (Å²) >= 11 is 5.93. The second-order valence-electron chi connectivity index (χ2n) is 6.85. The van der Waals surface area contributed by atoms with Crippen molar-refractivity contribution >= 4 is 40.8 Å². The van der Waals surface area contributed by atoms with Crippen LogP contribution in [0.2, 0.25) is 5.28 Å². The topological polar surface area (TPSA) is 195 Å². The van der Waals surface area contributed by atoms with Crippen molar-refractivity contribution in [2.75, 3.05) is 20.3 Å². The van der Waals surface area contributed by atoms with Crippen molar-refractivity contribution < 1.29 is 28.7 Å². The average Bonchev–Trinajstić information content (AvgIpc) is 3.14. The number of hydrogen-bond acceptors (Lipinski definition) is 7. The van der Waals surface area contributed by atoms with Crippen LogP contribution >= 0.6 is 11.6 Å². The maximum absolute atomic E-state index is 11.8. The number of aryl methyl sites for hydroxylation is 1. The van der Waals surface area contributed by atoms with Crippen LogP contribution in [-0.4, -0.2) is 64.4 Å². The number of nitrogens with two attached hydrogens (primary N) is 2. The van der Waals surface area contributed by atoms with E-state index in [1.807, 2.05) is 4.57 Å². The van der Waals surface area contributed by atoms with Gasteiger partial charge in [0, 0.05) is 6.54 Å². The number of carboxylic acid groups (broad SMARTS) is 1. The number of aliphatic carboxylic acids is 1. The van der Waals surface area contributed by atoms with E-state index >= 15 is 0 Å². The molecule has 0 saturated carbocycles. The number of halogens is 1. The molecular weight excluding hydrogens is 444 g/mol. The summed E-state index contributed by atoms with van der Waals surface area (Å²) in [6.07, 6.45) is 3.78. The number of carbonyl (C=O) groups excluding carboxylic acids is 1. The molecule has 1 atom stereocenters. The van der Waals surface area contributed by atoms with Crippen LogP contribution in [0.1, 0.15) is 32.1 Å². The Kier molecular flexibility index (Phi) is 9.73. The molecule has 0 aliphatic rings. The number of hydrogen-bond donors (Lipinski definition) is 5. The van der Waals surface area contributed by atoms with Gasteiger partial charge in [-0.05, 0) is 43.7 Å². The Morgan fingerprint density at radius 1 is 1.31 bits per heavy atom. The number of aliphatic imine (C=N–C) groups is 1. The number of rotatable bonds is 13. The van der Waals surface area contributed by atoms with Gasteiger partial charge in [-0.1, -0.05) is 4.98 Å². The number of amides is 1. The highest BCUT2D eigenvalue weighted by Crippen LogP contribution is 2.19. The summed E-state index contributed by atoms with van der Waals surface area (Å²) < 4.78 is 12.2. The molecule has 32 heavy (non-hydrogen) atoms. The number of guanidine groups is 1. The molecule has 2 rings (SSSR count). The summed E-state index contributed by atoms with van der Waals surface area (Å²) in [5.74, 6) is -0.846. The lowest BCUT2D eigenvalue weighted by molar-refractivity contribution is -0.673. The van der Waals surface area contributed by atoms with Gasteiger partial charge in [-0.2, -0.15) is 4.98 Å².